The van der Waals surface area contributed by atoms with E-state index in [0.717, 1.165) is 44.2 Å². The average Bonchev–Trinajstić information content (AvgIpc) is 3.17. The van der Waals surface area contributed by atoms with Crippen LogP contribution in [0.5, 0.6) is 0 Å². The summed E-state index contributed by atoms with van der Waals surface area (Å²) in [4.78, 5) is 29.5. The van der Waals surface area contributed by atoms with Gasteiger partial charge in [0.1, 0.15) is 0 Å². The molecule has 1 amide bonds. The van der Waals surface area contributed by atoms with Crippen LogP contribution in [0, 0.1) is 5.92 Å². The van der Waals surface area contributed by atoms with Crippen molar-refractivity contribution in [3.63, 3.8) is 0 Å². The molecule has 1 aromatic carbocycles. The number of carbonyl (C=O) groups is 1. The standard InChI is InChI=1S/C24H25ClF3N5O2/c25-20-15-29-13-11-19(20)21-31-32(14-4-12-30-22(34)16-5-2-1-3-6-16)23(35)33(21)18-9-7-17(8-10-18)24(26,27)28/h7-11,13,15-16H,1-6,12,14H2,(H,30,34). The van der Waals surface area contributed by atoms with Crippen LogP contribution in [-0.4, -0.2) is 31.8 Å². The van der Waals surface area contributed by atoms with Crippen LogP contribution >= 0.6 is 11.6 Å². The lowest BCUT2D eigenvalue weighted by Crippen LogP contribution is -2.33. The molecule has 35 heavy (non-hydrogen) atoms. The van der Waals surface area contributed by atoms with Gasteiger partial charge < -0.3 is 5.32 Å². The third-order valence-electron chi connectivity index (χ3n) is 6.13. The maximum absolute atomic E-state index is 13.2. The van der Waals surface area contributed by atoms with E-state index in [1.165, 1.54) is 33.8 Å². The maximum atomic E-state index is 13.2. The summed E-state index contributed by atoms with van der Waals surface area (Å²) in [6.45, 7) is 0.605. The number of nitrogens with one attached hydrogen (secondary N) is 1. The van der Waals surface area contributed by atoms with E-state index in [-0.39, 0.29) is 34.9 Å². The molecule has 0 saturated heterocycles. The summed E-state index contributed by atoms with van der Waals surface area (Å²) in [5.41, 5.74) is -0.698. The first-order valence-corrected chi connectivity index (χ1v) is 11.9. The second kappa shape index (κ2) is 10.6. The average molecular weight is 508 g/mol. The van der Waals surface area contributed by atoms with Gasteiger partial charge in [-0.1, -0.05) is 30.9 Å². The Labute approximate surface area is 204 Å². The summed E-state index contributed by atoms with van der Waals surface area (Å²) in [7, 11) is 0. The first kappa shape index (κ1) is 25.0. The van der Waals surface area contributed by atoms with E-state index in [1.807, 2.05) is 0 Å². The topological polar surface area (TPSA) is 81.8 Å². The molecule has 0 radical (unpaired) electrons. The van der Waals surface area contributed by atoms with Crippen molar-refractivity contribution in [1.82, 2.24) is 24.6 Å². The highest BCUT2D eigenvalue weighted by Gasteiger charge is 2.30. The van der Waals surface area contributed by atoms with Gasteiger partial charge in [-0.25, -0.2) is 14.0 Å². The van der Waals surface area contributed by atoms with Gasteiger partial charge in [-0.3, -0.25) is 9.78 Å². The lowest BCUT2D eigenvalue weighted by Gasteiger charge is -2.20. The molecule has 186 valence electrons. The zero-order valence-electron chi connectivity index (χ0n) is 18.9. The van der Waals surface area contributed by atoms with Crippen molar-refractivity contribution >= 4 is 17.5 Å². The van der Waals surface area contributed by atoms with E-state index in [4.69, 9.17) is 11.6 Å². The smallest absolute Gasteiger partial charge is 0.356 e. The number of hydrogen-bond acceptors (Lipinski definition) is 4. The van der Waals surface area contributed by atoms with Crippen molar-refractivity contribution in [1.29, 1.82) is 0 Å². The number of hydrogen-bond donors (Lipinski definition) is 1. The van der Waals surface area contributed by atoms with E-state index in [0.29, 0.717) is 18.5 Å². The summed E-state index contributed by atoms with van der Waals surface area (Å²) in [6.07, 6.45) is 3.96. The summed E-state index contributed by atoms with van der Waals surface area (Å²) >= 11 is 6.28. The first-order valence-electron chi connectivity index (χ1n) is 11.5. The van der Waals surface area contributed by atoms with Gasteiger partial charge in [-0.2, -0.15) is 13.2 Å². The van der Waals surface area contributed by atoms with Crippen LogP contribution in [-0.2, 0) is 17.5 Å². The molecule has 7 nitrogen and oxygen atoms in total. The lowest BCUT2D eigenvalue weighted by atomic mass is 9.89. The number of benzene rings is 1. The Balaban J connectivity index is 1.56. The van der Waals surface area contributed by atoms with E-state index >= 15 is 0 Å². The number of aryl methyl sites for hydroxylation is 1. The molecule has 1 saturated carbocycles. The van der Waals surface area contributed by atoms with Gasteiger partial charge >= 0.3 is 11.9 Å². The number of alkyl halides is 3. The summed E-state index contributed by atoms with van der Waals surface area (Å²) < 4.78 is 41.5. The molecular formula is C24H25ClF3N5O2. The molecule has 0 unspecified atom stereocenters. The summed E-state index contributed by atoms with van der Waals surface area (Å²) in [6, 6.07) is 5.85. The van der Waals surface area contributed by atoms with Crippen LogP contribution in [0.2, 0.25) is 5.02 Å². The number of nitrogens with zero attached hydrogens (tertiary/aromatic N) is 4. The number of carbonyl (C=O) groups excluding carboxylic acids is 1. The Morgan fingerprint density at radius 2 is 1.83 bits per heavy atom. The normalized spacial score (nSPS) is 14.7. The molecule has 2 aromatic heterocycles. The van der Waals surface area contributed by atoms with Gasteiger partial charge in [-0.05, 0) is 49.6 Å². The van der Waals surface area contributed by atoms with Crippen molar-refractivity contribution in [2.24, 2.45) is 5.92 Å². The van der Waals surface area contributed by atoms with Crippen molar-refractivity contribution in [2.45, 2.75) is 51.2 Å². The maximum Gasteiger partial charge on any atom is 0.416 e. The molecule has 3 aromatic rings. The van der Waals surface area contributed by atoms with Crippen molar-refractivity contribution < 1.29 is 18.0 Å². The fraction of sp³-hybridized carbons (Fsp3) is 0.417. The molecule has 2 heterocycles. The minimum absolute atomic E-state index is 0.0385. The van der Waals surface area contributed by atoms with Gasteiger partial charge in [0.05, 0.1) is 16.3 Å². The van der Waals surface area contributed by atoms with Crippen molar-refractivity contribution in [2.75, 3.05) is 6.54 Å². The quantitative estimate of drug-likeness (QED) is 0.463. The largest absolute Gasteiger partial charge is 0.416 e. The minimum atomic E-state index is -4.49. The van der Waals surface area contributed by atoms with Crippen molar-refractivity contribution in [3.05, 3.63) is 63.8 Å². The third-order valence-corrected chi connectivity index (χ3v) is 6.43. The van der Waals surface area contributed by atoms with Crippen molar-refractivity contribution in [3.8, 4) is 17.1 Å². The Morgan fingerprint density at radius 1 is 1.11 bits per heavy atom. The third kappa shape index (κ3) is 5.75. The second-order valence-electron chi connectivity index (χ2n) is 8.54. The number of pyridine rings is 1. The molecule has 11 heteroatoms. The number of aromatic nitrogens is 4. The fourth-order valence-corrected chi connectivity index (χ4v) is 4.47. The molecule has 4 rings (SSSR count). The lowest BCUT2D eigenvalue weighted by molar-refractivity contribution is -0.137. The molecule has 0 bridgehead atoms. The number of rotatable bonds is 7. The van der Waals surface area contributed by atoms with Gasteiger partial charge in [-0.15, -0.1) is 5.10 Å². The van der Waals surface area contributed by atoms with Crippen LogP contribution in [0.4, 0.5) is 13.2 Å². The predicted molar refractivity (Wildman–Crippen MR) is 125 cm³/mol. The highest BCUT2D eigenvalue weighted by Crippen LogP contribution is 2.31. The first-order chi connectivity index (χ1) is 16.8. The fourth-order valence-electron chi connectivity index (χ4n) is 4.27. The van der Waals surface area contributed by atoms with Gasteiger partial charge in [0.25, 0.3) is 0 Å². The van der Waals surface area contributed by atoms with Gasteiger partial charge in [0.2, 0.25) is 5.91 Å². The monoisotopic (exact) mass is 507 g/mol. The molecule has 0 atom stereocenters. The molecular weight excluding hydrogens is 483 g/mol. The SMILES string of the molecule is O=C(NCCCn1nc(-c2ccncc2Cl)n(-c2ccc(C(F)(F)F)cc2)c1=O)C1CCCCC1. The Kier molecular flexibility index (Phi) is 7.59. The highest BCUT2D eigenvalue weighted by molar-refractivity contribution is 6.33. The Bertz CT molecular complexity index is 1230. The minimum Gasteiger partial charge on any atom is -0.356 e. The Hall–Kier alpha value is -3.14. The van der Waals surface area contributed by atoms with E-state index in [1.54, 1.807) is 6.07 Å². The van der Waals surface area contributed by atoms with Crippen LogP contribution in [0.15, 0.2) is 47.5 Å². The molecule has 0 spiro atoms. The Morgan fingerprint density at radius 3 is 2.49 bits per heavy atom. The van der Waals surface area contributed by atoms with Crippen LogP contribution in [0.1, 0.15) is 44.1 Å². The second-order valence-corrected chi connectivity index (χ2v) is 8.95. The molecule has 1 aliphatic carbocycles. The van der Waals surface area contributed by atoms with E-state index in [2.05, 4.69) is 15.4 Å². The summed E-state index contributed by atoms with van der Waals surface area (Å²) in [5, 5.41) is 7.59. The predicted octanol–water partition coefficient (Wildman–Crippen LogP) is 4.85. The van der Waals surface area contributed by atoms with E-state index in [9.17, 15) is 22.8 Å². The van der Waals surface area contributed by atoms with Gasteiger partial charge in [0, 0.05) is 37.0 Å². The van der Waals surface area contributed by atoms with Gasteiger partial charge in [0.15, 0.2) is 5.82 Å². The zero-order valence-corrected chi connectivity index (χ0v) is 19.6. The molecule has 0 aliphatic heterocycles. The van der Waals surface area contributed by atoms with E-state index < -0.39 is 17.4 Å². The number of amides is 1. The van der Waals surface area contributed by atoms with Crippen LogP contribution in [0.3, 0.4) is 0 Å². The van der Waals surface area contributed by atoms with Crippen LogP contribution < -0.4 is 11.0 Å². The van der Waals surface area contributed by atoms with Crippen LogP contribution in [0.25, 0.3) is 17.1 Å². The molecule has 1 aliphatic rings. The molecule has 1 N–H and O–H groups in total. The molecule has 1 fully saturated rings. The zero-order chi connectivity index (χ0) is 25.0. The number of halogens is 4. The summed E-state index contributed by atoms with van der Waals surface area (Å²) in [5.74, 6) is 0.274. The highest BCUT2D eigenvalue weighted by atomic mass is 35.5.